The molecule has 2 aromatic rings. The van der Waals surface area contributed by atoms with Crippen LogP contribution in [0.2, 0.25) is 0 Å². The van der Waals surface area contributed by atoms with E-state index in [1.807, 2.05) is 42.5 Å². The highest BCUT2D eigenvalue weighted by molar-refractivity contribution is 8.02. The topological polar surface area (TPSA) is 117 Å². The van der Waals surface area contributed by atoms with Gasteiger partial charge in [-0.2, -0.15) is 0 Å². The molecule has 4 rings (SSSR count). The van der Waals surface area contributed by atoms with Gasteiger partial charge in [0.1, 0.15) is 11.8 Å². The summed E-state index contributed by atoms with van der Waals surface area (Å²) in [7, 11) is -2.90. The van der Waals surface area contributed by atoms with Crippen molar-refractivity contribution >= 4 is 33.1 Å². The number of ether oxygens (including phenoxy) is 1. The van der Waals surface area contributed by atoms with Crippen LogP contribution in [0.15, 0.2) is 65.6 Å². The van der Waals surface area contributed by atoms with E-state index in [2.05, 4.69) is 33.4 Å². The first-order valence-electron chi connectivity index (χ1n) is 13.4. The van der Waals surface area contributed by atoms with Crippen molar-refractivity contribution in [1.29, 1.82) is 0 Å². The van der Waals surface area contributed by atoms with E-state index in [1.165, 1.54) is 5.56 Å². The molecule has 1 aliphatic heterocycles. The number of unbranched alkanes of at least 4 members (excludes halogenated alkanes) is 1. The molecule has 1 amide bonds. The second-order valence-electron chi connectivity index (χ2n) is 9.81. The van der Waals surface area contributed by atoms with Gasteiger partial charge in [-0.25, -0.2) is 13.7 Å². The number of allylic oxidation sites excluding steroid dienone is 3. The molecular weight excluding hydrogens is 514 g/mol. The zero-order chi connectivity index (χ0) is 27.7. The van der Waals surface area contributed by atoms with Crippen LogP contribution in [0.3, 0.4) is 0 Å². The standard InChI is InChI=1S/C30H37N3O5S/c1-39(37,24-13-6-3-7-14-24)33-26(30(36)32-18-9-8-12-22-10-4-2-5-11-22)20-23-15-16-27(38-21-28(34)35)29-25(23)17-19-31-29/h2,4-6,10-11,13-16,26,31H,1,3,7-9,12,17-21H2,(H,32,36)(H,33,37)(H,34,35). The van der Waals surface area contributed by atoms with Gasteiger partial charge in [0.25, 0.3) is 0 Å². The maximum atomic E-state index is 13.6. The van der Waals surface area contributed by atoms with E-state index >= 15 is 0 Å². The Morgan fingerprint density at radius 3 is 2.69 bits per heavy atom. The maximum absolute atomic E-state index is 13.6. The second-order valence-corrected chi connectivity index (χ2v) is 11.9. The van der Waals surface area contributed by atoms with Crippen molar-refractivity contribution in [2.75, 3.05) is 25.0 Å². The third-order valence-electron chi connectivity index (χ3n) is 6.85. The molecule has 0 saturated carbocycles. The summed E-state index contributed by atoms with van der Waals surface area (Å²) < 4.78 is 22.1. The number of carbonyl (C=O) groups is 2. The van der Waals surface area contributed by atoms with Crippen molar-refractivity contribution in [2.45, 2.75) is 51.0 Å². The Morgan fingerprint density at radius 2 is 1.95 bits per heavy atom. The molecule has 0 bridgehead atoms. The monoisotopic (exact) mass is 551 g/mol. The predicted molar refractivity (Wildman–Crippen MR) is 157 cm³/mol. The molecule has 1 aliphatic carbocycles. The number of aryl methyl sites for hydroxylation is 1. The Labute approximate surface area is 230 Å². The van der Waals surface area contributed by atoms with E-state index in [0.29, 0.717) is 30.2 Å². The summed E-state index contributed by atoms with van der Waals surface area (Å²) in [6.07, 6.45) is 11.1. The first-order valence-corrected chi connectivity index (χ1v) is 15.1. The van der Waals surface area contributed by atoms with Gasteiger partial charge < -0.3 is 20.5 Å². The third kappa shape index (κ3) is 7.97. The Balaban J connectivity index is 1.46. The van der Waals surface area contributed by atoms with Gasteiger partial charge in [-0.15, -0.1) is 0 Å². The molecule has 0 radical (unpaired) electrons. The van der Waals surface area contributed by atoms with E-state index in [4.69, 9.17) is 9.84 Å². The van der Waals surface area contributed by atoms with Gasteiger partial charge in [0.15, 0.2) is 6.61 Å². The average Bonchev–Trinajstić information content (AvgIpc) is 3.43. The van der Waals surface area contributed by atoms with E-state index < -0.39 is 28.3 Å². The van der Waals surface area contributed by atoms with Gasteiger partial charge in [-0.05, 0) is 79.6 Å². The fraction of sp³-hybridized carbons (Fsp3) is 0.367. The number of benzene rings is 2. The molecule has 2 aliphatic rings. The van der Waals surface area contributed by atoms with E-state index in [9.17, 15) is 13.8 Å². The number of carboxylic acid groups (broad SMARTS) is 1. The van der Waals surface area contributed by atoms with Gasteiger partial charge in [0, 0.05) is 18.0 Å². The van der Waals surface area contributed by atoms with Crippen molar-refractivity contribution < 1.29 is 23.6 Å². The van der Waals surface area contributed by atoms with Gasteiger partial charge in [-0.3, -0.25) is 4.79 Å². The van der Waals surface area contributed by atoms with Crippen LogP contribution in [0.1, 0.15) is 42.4 Å². The quantitative estimate of drug-likeness (QED) is 0.211. The van der Waals surface area contributed by atoms with Crippen LogP contribution < -0.4 is 20.1 Å². The summed E-state index contributed by atoms with van der Waals surface area (Å²) >= 11 is 0. The Kier molecular flexibility index (Phi) is 9.84. The van der Waals surface area contributed by atoms with Crippen molar-refractivity contribution in [1.82, 2.24) is 10.0 Å². The van der Waals surface area contributed by atoms with Crippen LogP contribution in [-0.4, -0.2) is 52.8 Å². The smallest absolute Gasteiger partial charge is 0.341 e. The van der Waals surface area contributed by atoms with Crippen molar-refractivity contribution in [3.8, 4) is 5.75 Å². The number of hydrogen-bond acceptors (Lipinski definition) is 5. The van der Waals surface area contributed by atoms with Crippen LogP contribution >= 0.6 is 0 Å². The summed E-state index contributed by atoms with van der Waals surface area (Å²) in [5, 5.41) is 15.3. The molecule has 2 atom stereocenters. The minimum Gasteiger partial charge on any atom is -0.480 e. The molecule has 0 spiro atoms. The average molecular weight is 552 g/mol. The minimum atomic E-state index is -2.90. The molecule has 4 N–H and O–H groups in total. The lowest BCUT2D eigenvalue weighted by Gasteiger charge is -2.24. The highest BCUT2D eigenvalue weighted by Gasteiger charge is 2.27. The van der Waals surface area contributed by atoms with Crippen LogP contribution in [0.25, 0.3) is 0 Å². The molecule has 0 fully saturated rings. The molecule has 0 saturated heterocycles. The number of carbonyl (C=O) groups excluding carboxylic acids is 1. The van der Waals surface area contributed by atoms with Gasteiger partial charge in [0.2, 0.25) is 5.91 Å². The van der Waals surface area contributed by atoms with Crippen molar-refractivity contribution in [3.63, 3.8) is 0 Å². The molecule has 1 heterocycles. The first-order chi connectivity index (χ1) is 18.8. The number of rotatable bonds is 14. The minimum absolute atomic E-state index is 0.225. The number of nitrogens with one attached hydrogen (secondary N) is 3. The normalized spacial score (nSPS) is 16.4. The molecular formula is C30H37N3O5S. The first kappa shape index (κ1) is 28.4. The molecule has 8 nitrogen and oxygen atoms in total. The molecule has 0 aromatic heterocycles. The number of hydrogen-bond donors (Lipinski definition) is 4. The summed E-state index contributed by atoms with van der Waals surface area (Å²) in [4.78, 5) is 25.0. The Bertz CT molecular complexity index is 1340. The SMILES string of the molecule is C=S(=O)(NC(Cc1ccc(OCC(=O)O)c2c1CCN2)C(=O)NCCCCc1ccccc1)C1=CCCC=C1. The van der Waals surface area contributed by atoms with Crippen LogP contribution in [0, 0.1) is 0 Å². The number of amides is 1. The molecule has 2 aromatic carbocycles. The zero-order valence-electron chi connectivity index (χ0n) is 22.1. The summed E-state index contributed by atoms with van der Waals surface area (Å²) in [6, 6.07) is 13.1. The predicted octanol–water partition coefficient (Wildman–Crippen LogP) is 3.62. The lowest BCUT2D eigenvalue weighted by Crippen LogP contribution is -2.48. The van der Waals surface area contributed by atoms with Crippen molar-refractivity contribution in [2.24, 2.45) is 0 Å². The number of fused-ring (bicyclic) bond motifs is 1. The lowest BCUT2D eigenvalue weighted by atomic mass is 9.97. The number of anilines is 1. The van der Waals surface area contributed by atoms with Crippen LogP contribution in [0.5, 0.6) is 5.75 Å². The van der Waals surface area contributed by atoms with Gasteiger partial charge in [0.05, 0.1) is 15.4 Å². The van der Waals surface area contributed by atoms with Gasteiger partial charge in [-0.1, -0.05) is 48.6 Å². The maximum Gasteiger partial charge on any atom is 0.341 e. The number of carboxylic acids is 1. The van der Waals surface area contributed by atoms with Crippen LogP contribution in [0.4, 0.5) is 5.69 Å². The largest absolute Gasteiger partial charge is 0.480 e. The van der Waals surface area contributed by atoms with Crippen LogP contribution in [-0.2, 0) is 38.6 Å². The Morgan fingerprint density at radius 1 is 1.13 bits per heavy atom. The van der Waals surface area contributed by atoms with Gasteiger partial charge >= 0.3 is 5.97 Å². The summed E-state index contributed by atoms with van der Waals surface area (Å²) in [6.45, 7) is 0.772. The highest BCUT2D eigenvalue weighted by Crippen LogP contribution is 2.36. The third-order valence-corrected chi connectivity index (χ3v) is 8.58. The molecule has 39 heavy (non-hydrogen) atoms. The van der Waals surface area contributed by atoms with E-state index in [0.717, 1.165) is 55.3 Å². The fourth-order valence-corrected chi connectivity index (χ4v) is 6.37. The van der Waals surface area contributed by atoms with E-state index in [1.54, 1.807) is 6.07 Å². The highest BCUT2D eigenvalue weighted by atomic mass is 32.2. The Hall–Kier alpha value is -3.56. The number of aliphatic carboxylic acids is 1. The second kappa shape index (κ2) is 13.5. The van der Waals surface area contributed by atoms with E-state index in [-0.39, 0.29) is 5.91 Å². The summed E-state index contributed by atoms with van der Waals surface area (Å²) in [5.41, 5.74) is 3.92. The molecule has 208 valence electrons. The fourth-order valence-electron chi connectivity index (χ4n) is 4.89. The molecule has 9 heteroatoms. The summed E-state index contributed by atoms with van der Waals surface area (Å²) in [5.74, 6) is 3.16. The lowest BCUT2D eigenvalue weighted by molar-refractivity contribution is -0.139. The molecule has 2 unspecified atom stereocenters. The van der Waals surface area contributed by atoms with Crippen molar-refractivity contribution in [3.05, 3.63) is 82.3 Å². The zero-order valence-corrected chi connectivity index (χ0v) is 22.9.